The Morgan fingerprint density at radius 2 is 1.83 bits per heavy atom. The molecule has 1 aromatic carbocycles. The number of hydrogen-bond donors (Lipinski definition) is 1. The zero-order valence-electron chi connectivity index (χ0n) is 16.0. The monoisotopic (exact) mass is 325 g/mol. The van der Waals surface area contributed by atoms with Crippen LogP contribution in [-0.4, -0.2) is 12.6 Å². The maximum atomic E-state index is 3.59. The van der Waals surface area contributed by atoms with Crippen LogP contribution in [0.3, 0.4) is 0 Å². The molecule has 0 fully saturated rings. The molecule has 1 nitrogen and oxygen atoms in total. The highest BCUT2D eigenvalue weighted by atomic mass is 14.9. The van der Waals surface area contributed by atoms with Crippen LogP contribution in [0.2, 0.25) is 0 Å². The van der Waals surface area contributed by atoms with Crippen LogP contribution in [0.15, 0.2) is 48.1 Å². The highest BCUT2D eigenvalue weighted by Gasteiger charge is 2.17. The van der Waals surface area contributed by atoms with Gasteiger partial charge < -0.3 is 5.32 Å². The average molecular weight is 326 g/mol. The Kier molecular flexibility index (Phi) is 7.78. The maximum absolute atomic E-state index is 3.59. The van der Waals surface area contributed by atoms with E-state index in [1.165, 1.54) is 36.8 Å². The van der Waals surface area contributed by atoms with Crippen LogP contribution >= 0.6 is 0 Å². The topological polar surface area (TPSA) is 12.0 Å². The average Bonchev–Trinajstić information content (AvgIpc) is 3.06. The Morgan fingerprint density at radius 3 is 2.46 bits per heavy atom. The second-order valence-corrected chi connectivity index (χ2v) is 7.43. The van der Waals surface area contributed by atoms with Gasteiger partial charge in [0, 0.05) is 12.0 Å². The van der Waals surface area contributed by atoms with E-state index >= 15 is 0 Å². The lowest BCUT2D eigenvalue weighted by Crippen LogP contribution is -2.28. The number of allylic oxidation sites excluding steroid dienone is 4. The molecule has 1 aliphatic rings. The fraction of sp³-hybridized carbons (Fsp3) is 0.565. The number of hydrogen-bond acceptors (Lipinski definition) is 1. The quantitative estimate of drug-likeness (QED) is 0.554. The molecule has 24 heavy (non-hydrogen) atoms. The molecule has 0 aliphatic heterocycles. The highest BCUT2D eigenvalue weighted by Crippen LogP contribution is 2.34. The first-order valence-electron chi connectivity index (χ1n) is 9.83. The standard InChI is InChI=1S/C23H35N/c1-5-19-13-15-22(16-14-19)23-12-8-11-21(23)10-7-9-20(6-2)17-24-18(3)4/h8,11-16,18,20,23-24H,5-7,9-10,17H2,1-4H3. The van der Waals surface area contributed by atoms with Crippen LogP contribution in [0, 0.1) is 5.92 Å². The number of rotatable bonds is 10. The third kappa shape index (κ3) is 5.63. The summed E-state index contributed by atoms with van der Waals surface area (Å²) in [5.74, 6) is 1.31. The molecule has 2 unspecified atom stereocenters. The molecule has 1 aromatic rings. The van der Waals surface area contributed by atoms with Gasteiger partial charge in [0.25, 0.3) is 0 Å². The molecule has 2 rings (SSSR count). The SMILES string of the molecule is CCc1ccc(C2C=CC=C2CCCC(CC)CNC(C)C)cc1. The van der Waals surface area contributed by atoms with E-state index in [0.717, 1.165) is 18.9 Å². The van der Waals surface area contributed by atoms with Gasteiger partial charge >= 0.3 is 0 Å². The van der Waals surface area contributed by atoms with E-state index in [0.29, 0.717) is 12.0 Å². The van der Waals surface area contributed by atoms with Crippen molar-refractivity contribution in [3.05, 3.63) is 59.2 Å². The first-order chi connectivity index (χ1) is 11.6. The van der Waals surface area contributed by atoms with E-state index in [9.17, 15) is 0 Å². The Bertz CT molecular complexity index is 536. The molecule has 0 bridgehead atoms. The summed E-state index contributed by atoms with van der Waals surface area (Å²) in [6.07, 6.45) is 13.2. The molecule has 0 heterocycles. The Morgan fingerprint density at radius 1 is 1.08 bits per heavy atom. The number of nitrogens with one attached hydrogen (secondary N) is 1. The van der Waals surface area contributed by atoms with Crippen LogP contribution < -0.4 is 5.32 Å². The molecule has 1 aliphatic carbocycles. The predicted molar refractivity (Wildman–Crippen MR) is 107 cm³/mol. The van der Waals surface area contributed by atoms with Crippen molar-refractivity contribution < 1.29 is 0 Å². The zero-order chi connectivity index (χ0) is 17.4. The van der Waals surface area contributed by atoms with Crippen LogP contribution in [0.5, 0.6) is 0 Å². The van der Waals surface area contributed by atoms with Gasteiger partial charge in [-0.3, -0.25) is 0 Å². The minimum Gasteiger partial charge on any atom is -0.314 e. The summed E-state index contributed by atoms with van der Waals surface area (Å²) >= 11 is 0. The van der Waals surface area contributed by atoms with E-state index in [2.05, 4.69) is 75.5 Å². The van der Waals surface area contributed by atoms with Gasteiger partial charge in [-0.1, -0.05) is 82.2 Å². The van der Waals surface area contributed by atoms with Crippen molar-refractivity contribution in [3.8, 4) is 0 Å². The van der Waals surface area contributed by atoms with Gasteiger partial charge in [-0.15, -0.1) is 0 Å². The van der Waals surface area contributed by atoms with Gasteiger partial charge in [-0.05, 0) is 49.3 Å². The van der Waals surface area contributed by atoms with Crippen LogP contribution in [0.25, 0.3) is 0 Å². The van der Waals surface area contributed by atoms with Crippen molar-refractivity contribution in [2.24, 2.45) is 5.92 Å². The minimum absolute atomic E-state index is 0.504. The summed E-state index contributed by atoms with van der Waals surface area (Å²) in [6.45, 7) is 10.2. The second kappa shape index (κ2) is 9.84. The fourth-order valence-electron chi connectivity index (χ4n) is 3.49. The van der Waals surface area contributed by atoms with Crippen molar-refractivity contribution >= 4 is 0 Å². The lowest BCUT2D eigenvalue weighted by Gasteiger charge is -2.19. The lowest BCUT2D eigenvalue weighted by molar-refractivity contribution is 0.403. The third-order valence-electron chi connectivity index (χ3n) is 5.23. The first kappa shape index (κ1) is 19.0. The van der Waals surface area contributed by atoms with E-state index in [1.807, 2.05) is 0 Å². The molecule has 0 radical (unpaired) electrons. The largest absolute Gasteiger partial charge is 0.314 e. The molecule has 132 valence electrons. The maximum Gasteiger partial charge on any atom is 0.0234 e. The van der Waals surface area contributed by atoms with Gasteiger partial charge in [0.1, 0.15) is 0 Å². The lowest BCUT2D eigenvalue weighted by atomic mass is 9.88. The molecule has 1 heteroatoms. The molecule has 0 spiro atoms. The van der Waals surface area contributed by atoms with E-state index in [-0.39, 0.29) is 0 Å². The normalized spacial score (nSPS) is 18.2. The summed E-state index contributed by atoms with van der Waals surface area (Å²) in [7, 11) is 0. The van der Waals surface area contributed by atoms with E-state index in [1.54, 1.807) is 5.57 Å². The Hall–Kier alpha value is -1.34. The predicted octanol–water partition coefficient (Wildman–Crippen LogP) is 6.02. The van der Waals surface area contributed by atoms with E-state index < -0.39 is 0 Å². The number of aryl methyl sites for hydroxylation is 1. The molecule has 0 saturated heterocycles. The number of benzene rings is 1. The second-order valence-electron chi connectivity index (χ2n) is 7.43. The summed E-state index contributed by atoms with van der Waals surface area (Å²) in [6, 6.07) is 9.78. The molecule has 0 aromatic heterocycles. The molecule has 0 saturated carbocycles. The minimum atomic E-state index is 0.504. The fourth-order valence-corrected chi connectivity index (χ4v) is 3.49. The van der Waals surface area contributed by atoms with Crippen molar-refractivity contribution in [2.45, 2.75) is 71.8 Å². The smallest absolute Gasteiger partial charge is 0.0234 e. The van der Waals surface area contributed by atoms with Gasteiger partial charge in [0.2, 0.25) is 0 Å². The zero-order valence-corrected chi connectivity index (χ0v) is 16.0. The third-order valence-corrected chi connectivity index (χ3v) is 5.23. The van der Waals surface area contributed by atoms with Gasteiger partial charge in [0.05, 0.1) is 0 Å². The van der Waals surface area contributed by atoms with Crippen molar-refractivity contribution in [1.29, 1.82) is 0 Å². The molecule has 2 atom stereocenters. The van der Waals surface area contributed by atoms with Crippen molar-refractivity contribution in [2.75, 3.05) is 6.54 Å². The van der Waals surface area contributed by atoms with E-state index in [4.69, 9.17) is 0 Å². The van der Waals surface area contributed by atoms with Gasteiger partial charge in [-0.2, -0.15) is 0 Å². The molecular weight excluding hydrogens is 290 g/mol. The summed E-state index contributed by atoms with van der Waals surface area (Å²) in [4.78, 5) is 0. The summed E-state index contributed by atoms with van der Waals surface area (Å²) in [5, 5.41) is 3.59. The molecule has 1 N–H and O–H groups in total. The summed E-state index contributed by atoms with van der Waals surface area (Å²) < 4.78 is 0. The van der Waals surface area contributed by atoms with Gasteiger partial charge in [-0.25, -0.2) is 0 Å². The first-order valence-corrected chi connectivity index (χ1v) is 9.83. The van der Waals surface area contributed by atoms with Crippen LogP contribution in [0.4, 0.5) is 0 Å². The van der Waals surface area contributed by atoms with Crippen molar-refractivity contribution in [3.63, 3.8) is 0 Å². The van der Waals surface area contributed by atoms with Crippen molar-refractivity contribution in [1.82, 2.24) is 5.32 Å². The molecular formula is C23H35N. The summed E-state index contributed by atoms with van der Waals surface area (Å²) in [5.41, 5.74) is 4.46. The van der Waals surface area contributed by atoms with Gasteiger partial charge in [0.15, 0.2) is 0 Å². The van der Waals surface area contributed by atoms with Crippen LogP contribution in [0.1, 0.15) is 70.4 Å². The Balaban J connectivity index is 1.83. The molecule has 0 amide bonds. The van der Waals surface area contributed by atoms with Crippen LogP contribution in [-0.2, 0) is 6.42 Å². The highest BCUT2D eigenvalue weighted by molar-refractivity contribution is 5.41. The Labute approximate surface area is 149 Å².